The zero-order valence-electron chi connectivity index (χ0n) is 25.5. The molecule has 3 heterocycles. The number of fused-ring (bicyclic) bond motifs is 2. The van der Waals surface area contributed by atoms with Gasteiger partial charge < -0.3 is 19.9 Å². The predicted molar refractivity (Wildman–Crippen MR) is 168 cm³/mol. The Morgan fingerprint density at radius 3 is 2.64 bits per heavy atom. The average molecular weight is 566 g/mol. The summed E-state index contributed by atoms with van der Waals surface area (Å²) in [6.45, 7) is 6.26. The largest absolute Gasteiger partial charge is 0.463 e. The van der Waals surface area contributed by atoms with E-state index in [2.05, 4.69) is 78.6 Å². The molecule has 8 nitrogen and oxygen atoms in total. The van der Waals surface area contributed by atoms with Crippen LogP contribution in [0.25, 0.3) is 10.8 Å². The van der Waals surface area contributed by atoms with Gasteiger partial charge in [0, 0.05) is 48.1 Å². The van der Waals surface area contributed by atoms with Crippen LogP contribution >= 0.6 is 0 Å². The molecule has 7 rings (SSSR count). The van der Waals surface area contributed by atoms with E-state index in [0.717, 1.165) is 44.0 Å². The highest BCUT2D eigenvalue weighted by Gasteiger charge is 2.44. The molecule has 1 aliphatic heterocycles. The van der Waals surface area contributed by atoms with Gasteiger partial charge in [0.05, 0.1) is 36.8 Å². The van der Waals surface area contributed by atoms with Crippen LogP contribution in [0.15, 0.2) is 42.5 Å². The predicted octanol–water partition coefficient (Wildman–Crippen LogP) is 5.70. The number of nitrogens with zero attached hydrogens (tertiary/aromatic N) is 6. The van der Waals surface area contributed by atoms with Gasteiger partial charge in [0.25, 0.3) is 0 Å². The molecule has 0 saturated heterocycles. The van der Waals surface area contributed by atoms with Crippen molar-refractivity contribution in [3.63, 3.8) is 0 Å². The van der Waals surface area contributed by atoms with Gasteiger partial charge in [0.1, 0.15) is 5.82 Å². The van der Waals surface area contributed by atoms with E-state index in [4.69, 9.17) is 19.8 Å². The lowest BCUT2D eigenvalue weighted by Crippen LogP contribution is -2.33. The molecule has 0 spiro atoms. The third kappa shape index (κ3) is 5.44. The van der Waals surface area contributed by atoms with Crippen LogP contribution in [-0.2, 0) is 33.0 Å². The number of hydrogen-bond donors (Lipinski definition) is 1. The molecular weight excluding hydrogens is 522 g/mol. The Kier molecular flexibility index (Phi) is 7.05. The Balaban J connectivity index is 1.19. The monoisotopic (exact) mass is 565 g/mol. The second kappa shape index (κ2) is 10.9. The van der Waals surface area contributed by atoms with Gasteiger partial charge in [-0.25, -0.2) is 0 Å². The SMILES string of the molecule is CCc1cccc2cccc(N3CCc4c(nc(OCC5(CN(C)C)CC5)nc4NCc4cc(C5CC5)nn4C)C3)c12. The molecule has 2 aliphatic carbocycles. The number of benzene rings is 2. The lowest BCUT2D eigenvalue weighted by Gasteiger charge is -2.32. The first-order chi connectivity index (χ1) is 20.4. The zero-order chi connectivity index (χ0) is 28.8. The number of aromatic nitrogens is 4. The molecule has 2 fully saturated rings. The summed E-state index contributed by atoms with van der Waals surface area (Å²) in [7, 11) is 6.31. The molecule has 0 amide bonds. The molecule has 0 unspecified atom stereocenters. The first-order valence-electron chi connectivity index (χ1n) is 15.6. The normalized spacial score (nSPS) is 17.5. The first kappa shape index (κ1) is 27.2. The van der Waals surface area contributed by atoms with Crippen molar-refractivity contribution in [2.75, 3.05) is 44.0 Å². The highest BCUT2D eigenvalue weighted by Crippen LogP contribution is 2.46. The van der Waals surface area contributed by atoms with Crippen LogP contribution in [0.3, 0.4) is 0 Å². The summed E-state index contributed by atoms with van der Waals surface area (Å²) in [5.41, 5.74) is 7.55. The lowest BCUT2D eigenvalue weighted by atomic mass is 9.98. The standard InChI is InChI=1S/C34H43N7O/c1-5-23-8-6-9-25-10-7-11-30(31(23)25)41-17-14-27-29(20-41)36-33(42-22-34(15-16-34)21-39(2)3)37-32(27)35-19-26-18-28(24-12-13-24)38-40(26)4/h6-11,18,24H,5,12-17,19-22H2,1-4H3,(H,35,36,37). The van der Waals surface area contributed by atoms with Crippen LogP contribution in [0.1, 0.15) is 66.7 Å². The van der Waals surface area contributed by atoms with Crippen molar-refractivity contribution in [3.05, 3.63) is 70.7 Å². The number of anilines is 2. The lowest BCUT2D eigenvalue weighted by molar-refractivity contribution is 0.182. The summed E-state index contributed by atoms with van der Waals surface area (Å²) in [6, 6.07) is 16.1. The molecule has 3 aliphatic rings. The Labute approximate surface area is 249 Å². The van der Waals surface area contributed by atoms with Gasteiger partial charge in [-0.2, -0.15) is 15.1 Å². The molecule has 220 valence electrons. The number of hydrogen-bond acceptors (Lipinski definition) is 7. The van der Waals surface area contributed by atoms with E-state index in [1.54, 1.807) is 0 Å². The summed E-state index contributed by atoms with van der Waals surface area (Å²) in [6.07, 6.45) is 6.79. The highest BCUT2D eigenvalue weighted by atomic mass is 16.5. The number of ether oxygens (including phenoxy) is 1. The molecule has 42 heavy (non-hydrogen) atoms. The molecule has 2 aromatic carbocycles. The Morgan fingerprint density at radius 1 is 1.10 bits per heavy atom. The molecule has 1 N–H and O–H groups in total. The van der Waals surface area contributed by atoms with Crippen LogP contribution in [0.5, 0.6) is 6.01 Å². The summed E-state index contributed by atoms with van der Waals surface area (Å²) >= 11 is 0. The Morgan fingerprint density at radius 2 is 1.90 bits per heavy atom. The van der Waals surface area contributed by atoms with Gasteiger partial charge in [0.15, 0.2) is 0 Å². The summed E-state index contributed by atoms with van der Waals surface area (Å²) in [4.78, 5) is 14.8. The number of rotatable bonds is 11. The van der Waals surface area contributed by atoms with E-state index in [1.807, 2.05) is 11.7 Å². The minimum Gasteiger partial charge on any atom is -0.463 e. The fourth-order valence-corrected chi connectivity index (χ4v) is 6.64. The van der Waals surface area contributed by atoms with Crippen LogP contribution in [0.4, 0.5) is 11.5 Å². The van der Waals surface area contributed by atoms with E-state index in [9.17, 15) is 0 Å². The van der Waals surface area contributed by atoms with Gasteiger partial charge in [-0.05, 0) is 75.7 Å². The summed E-state index contributed by atoms with van der Waals surface area (Å²) in [5.74, 6) is 1.54. The van der Waals surface area contributed by atoms with Gasteiger partial charge >= 0.3 is 6.01 Å². The Hall–Kier alpha value is -3.65. The van der Waals surface area contributed by atoms with Crippen LogP contribution in [0, 0.1) is 5.41 Å². The molecular formula is C34H43N7O. The zero-order valence-corrected chi connectivity index (χ0v) is 25.5. The third-order valence-corrected chi connectivity index (χ3v) is 9.28. The minimum absolute atomic E-state index is 0.218. The van der Waals surface area contributed by atoms with Crippen molar-refractivity contribution in [3.8, 4) is 6.01 Å². The van der Waals surface area contributed by atoms with Crippen molar-refractivity contribution in [2.45, 2.75) is 64.5 Å². The van der Waals surface area contributed by atoms with E-state index in [-0.39, 0.29) is 5.41 Å². The quantitative estimate of drug-likeness (QED) is 0.250. The second-order valence-corrected chi connectivity index (χ2v) is 12.9. The van der Waals surface area contributed by atoms with Crippen molar-refractivity contribution < 1.29 is 4.74 Å². The van der Waals surface area contributed by atoms with Crippen molar-refractivity contribution >= 4 is 22.3 Å². The fraction of sp³-hybridized carbons (Fsp3) is 0.500. The van der Waals surface area contributed by atoms with Crippen molar-refractivity contribution in [2.24, 2.45) is 12.5 Å². The van der Waals surface area contributed by atoms with Crippen LogP contribution in [-0.4, -0.2) is 58.4 Å². The van der Waals surface area contributed by atoms with E-state index < -0.39 is 0 Å². The summed E-state index contributed by atoms with van der Waals surface area (Å²) in [5, 5.41) is 11.1. The molecule has 0 atom stereocenters. The van der Waals surface area contributed by atoms with Crippen LogP contribution < -0.4 is 15.0 Å². The van der Waals surface area contributed by atoms with Gasteiger partial charge in [-0.3, -0.25) is 4.68 Å². The minimum atomic E-state index is 0.218. The van der Waals surface area contributed by atoms with Gasteiger partial charge in [0.2, 0.25) is 0 Å². The van der Waals surface area contributed by atoms with Crippen LogP contribution in [0.2, 0.25) is 0 Å². The van der Waals surface area contributed by atoms with Crippen molar-refractivity contribution in [1.82, 2.24) is 24.6 Å². The fourth-order valence-electron chi connectivity index (χ4n) is 6.64. The van der Waals surface area contributed by atoms with Crippen molar-refractivity contribution in [1.29, 1.82) is 0 Å². The van der Waals surface area contributed by atoms with E-state index >= 15 is 0 Å². The topological polar surface area (TPSA) is 71.3 Å². The smallest absolute Gasteiger partial charge is 0.318 e. The maximum absolute atomic E-state index is 6.38. The van der Waals surface area contributed by atoms with E-state index in [0.29, 0.717) is 25.1 Å². The number of aryl methyl sites for hydroxylation is 2. The molecule has 2 saturated carbocycles. The maximum atomic E-state index is 6.38. The first-order valence-corrected chi connectivity index (χ1v) is 15.6. The summed E-state index contributed by atoms with van der Waals surface area (Å²) < 4.78 is 8.39. The average Bonchev–Trinajstić information content (AvgIpc) is 3.93. The van der Waals surface area contributed by atoms with Gasteiger partial charge in [-0.15, -0.1) is 0 Å². The maximum Gasteiger partial charge on any atom is 0.318 e. The Bertz CT molecular complexity index is 1600. The second-order valence-electron chi connectivity index (χ2n) is 12.9. The van der Waals surface area contributed by atoms with E-state index in [1.165, 1.54) is 64.7 Å². The highest BCUT2D eigenvalue weighted by molar-refractivity contribution is 5.97. The molecule has 0 bridgehead atoms. The molecule has 0 radical (unpaired) electrons. The molecule has 4 aromatic rings. The van der Waals surface area contributed by atoms with Gasteiger partial charge in [-0.1, -0.05) is 37.3 Å². The molecule has 2 aromatic heterocycles. The number of nitrogens with one attached hydrogen (secondary N) is 1. The third-order valence-electron chi connectivity index (χ3n) is 9.28. The molecule has 8 heteroatoms.